The second-order valence-electron chi connectivity index (χ2n) is 15.8. The summed E-state index contributed by atoms with van der Waals surface area (Å²) in [6, 6.07) is 4.96. The van der Waals surface area contributed by atoms with Crippen LogP contribution in [-0.4, -0.2) is 53.1 Å². The first-order valence-corrected chi connectivity index (χ1v) is 16.6. The zero-order chi connectivity index (χ0) is 31.7. The van der Waals surface area contributed by atoms with Gasteiger partial charge in [0.05, 0.1) is 12.3 Å². The molecule has 8 heteroatoms. The van der Waals surface area contributed by atoms with E-state index in [0.29, 0.717) is 24.1 Å². The number of rotatable bonds is 7. The molecule has 44 heavy (non-hydrogen) atoms. The molecule has 4 fully saturated rings. The highest BCUT2D eigenvalue weighted by Gasteiger charge is 2.85. The molecule has 2 N–H and O–H groups in total. The molecule has 4 aliphatic rings. The number of nitrogens with zero attached hydrogens (tertiary/aromatic N) is 1. The summed E-state index contributed by atoms with van der Waals surface area (Å²) in [6.45, 7) is 12.6. The van der Waals surface area contributed by atoms with Crippen molar-refractivity contribution >= 4 is 34.5 Å². The fraction of sp³-hybridized carbons (Fsp3) is 0.667. The molecule has 3 amide bonds. The Hall–Kier alpha value is -3.16. The summed E-state index contributed by atoms with van der Waals surface area (Å²) in [4.78, 5) is 57.0. The Kier molecular flexibility index (Phi) is 7.52. The van der Waals surface area contributed by atoms with Gasteiger partial charge >= 0.3 is 0 Å². The van der Waals surface area contributed by atoms with Crippen molar-refractivity contribution in [2.75, 3.05) is 6.54 Å². The second-order valence-corrected chi connectivity index (χ2v) is 15.8. The van der Waals surface area contributed by atoms with E-state index in [2.05, 4.69) is 24.5 Å². The summed E-state index contributed by atoms with van der Waals surface area (Å²) in [7, 11) is 0. The molecule has 2 aromatic rings. The zero-order valence-electron chi connectivity index (χ0n) is 27.3. The van der Waals surface area contributed by atoms with Crippen molar-refractivity contribution in [2.45, 2.75) is 117 Å². The molecule has 0 radical (unpaired) electrons. The number of carbonyl (C=O) groups excluding carboxylic acids is 4. The molecule has 6 rings (SSSR count). The number of amides is 3. The van der Waals surface area contributed by atoms with Gasteiger partial charge < -0.3 is 20.0 Å². The molecular weight excluding hydrogens is 554 g/mol. The maximum atomic E-state index is 14.5. The van der Waals surface area contributed by atoms with E-state index in [1.54, 1.807) is 36.3 Å². The molecule has 1 aromatic heterocycles. The third-order valence-corrected chi connectivity index (χ3v) is 12.4. The van der Waals surface area contributed by atoms with E-state index < -0.39 is 23.5 Å². The van der Waals surface area contributed by atoms with Crippen molar-refractivity contribution in [1.82, 2.24) is 15.5 Å². The van der Waals surface area contributed by atoms with Gasteiger partial charge in [0.25, 0.3) is 5.91 Å². The van der Waals surface area contributed by atoms with E-state index in [-0.39, 0.29) is 45.7 Å². The van der Waals surface area contributed by atoms with Crippen molar-refractivity contribution < 1.29 is 23.6 Å². The molecule has 238 valence electrons. The average Bonchev–Trinajstić information content (AvgIpc) is 3.38. The van der Waals surface area contributed by atoms with E-state index >= 15 is 0 Å². The quantitative estimate of drug-likeness (QED) is 0.402. The van der Waals surface area contributed by atoms with Gasteiger partial charge in [0.2, 0.25) is 11.8 Å². The van der Waals surface area contributed by atoms with Crippen LogP contribution < -0.4 is 10.6 Å². The van der Waals surface area contributed by atoms with Crippen LogP contribution in [0.25, 0.3) is 11.0 Å². The highest BCUT2D eigenvalue weighted by molar-refractivity contribution is 6.01. The van der Waals surface area contributed by atoms with E-state index in [1.807, 2.05) is 26.8 Å². The molecule has 1 saturated heterocycles. The molecule has 2 spiro atoms. The molecule has 4 atom stereocenters. The van der Waals surface area contributed by atoms with E-state index in [9.17, 15) is 19.2 Å². The van der Waals surface area contributed by atoms with Gasteiger partial charge in [0.15, 0.2) is 5.78 Å². The Balaban J connectivity index is 1.25. The first-order chi connectivity index (χ1) is 20.7. The lowest BCUT2D eigenvalue weighted by Gasteiger charge is -2.37. The summed E-state index contributed by atoms with van der Waals surface area (Å²) in [6.07, 6.45) is 10.6. The highest BCUT2D eigenvalue weighted by Crippen LogP contribution is 2.88. The van der Waals surface area contributed by atoms with Gasteiger partial charge in [0, 0.05) is 22.9 Å². The number of carbonyl (C=O) groups is 4. The van der Waals surface area contributed by atoms with Crippen LogP contribution in [0.2, 0.25) is 0 Å². The molecule has 3 aliphatic carbocycles. The number of likely N-dealkylation sites (tertiary alicyclic amines) is 1. The lowest BCUT2D eigenvalue weighted by Crippen LogP contribution is -2.61. The molecule has 2 heterocycles. The number of fused-ring (bicyclic) bond motifs is 2. The van der Waals surface area contributed by atoms with Gasteiger partial charge in [0.1, 0.15) is 17.7 Å². The first kappa shape index (κ1) is 30.8. The van der Waals surface area contributed by atoms with Gasteiger partial charge in [-0.05, 0) is 85.5 Å². The standard InChI is InChI=1S/C36H49N3O5/c1-22(40)26-20-36(34(5,6)35(36)16-10-17-35)21-39(26)32(43)29(33(2,3)4)38-31(42)28(23-11-8-7-9-12-23)37-30(41)25-13-14-27-24(19-25)15-18-44-27/h13-15,18-19,23,26,28-29H,7-12,16-17,20-21H2,1-6H3,(H,37,41)(H,38,42)/t26?,28?,29-,36-/m1/s1. The lowest BCUT2D eigenvalue weighted by atomic mass is 9.73. The van der Waals surface area contributed by atoms with E-state index in [1.165, 1.54) is 6.42 Å². The smallest absolute Gasteiger partial charge is 0.251 e. The predicted molar refractivity (Wildman–Crippen MR) is 169 cm³/mol. The summed E-state index contributed by atoms with van der Waals surface area (Å²) in [5.41, 5.74) is 0.784. The van der Waals surface area contributed by atoms with Gasteiger partial charge in [-0.2, -0.15) is 0 Å². The van der Waals surface area contributed by atoms with Crippen LogP contribution in [0.3, 0.4) is 0 Å². The Labute approximate surface area is 261 Å². The Morgan fingerprint density at radius 2 is 1.66 bits per heavy atom. The van der Waals surface area contributed by atoms with E-state index in [4.69, 9.17) is 4.42 Å². The van der Waals surface area contributed by atoms with Crippen molar-refractivity contribution in [3.05, 3.63) is 36.1 Å². The Morgan fingerprint density at radius 3 is 2.25 bits per heavy atom. The van der Waals surface area contributed by atoms with Crippen LogP contribution in [0.4, 0.5) is 0 Å². The molecular formula is C36H49N3O5. The lowest BCUT2D eigenvalue weighted by molar-refractivity contribution is -0.143. The fourth-order valence-electron chi connectivity index (χ4n) is 9.44. The van der Waals surface area contributed by atoms with Crippen molar-refractivity contribution in [2.24, 2.45) is 27.6 Å². The maximum absolute atomic E-state index is 14.5. The second kappa shape index (κ2) is 10.7. The third kappa shape index (κ3) is 4.69. The average molecular weight is 604 g/mol. The van der Waals surface area contributed by atoms with Crippen molar-refractivity contribution in [3.8, 4) is 0 Å². The van der Waals surface area contributed by atoms with Crippen molar-refractivity contribution in [3.63, 3.8) is 0 Å². The largest absolute Gasteiger partial charge is 0.464 e. The normalized spacial score (nSPS) is 27.1. The molecule has 2 unspecified atom stereocenters. The number of hydrogen-bond donors (Lipinski definition) is 2. The first-order valence-electron chi connectivity index (χ1n) is 16.6. The van der Waals surface area contributed by atoms with Crippen LogP contribution in [0, 0.1) is 27.6 Å². The summed E-state index contributed by atoms with van der Waals surface area (Å²) < 4.78 is 5.43. The van der Waals surface area contributed by atoms with Crippen LogP contribution in [-0.2, 0) is 14.4 Å². The minimum absolute atomic E-state index is 0.00770. The molecule has 1 aliphatic heterocycles. The number of hydrogen-bond acceptors (Lipinski definition) is 5. The minimum atomic E-state index is -0.837. The Bertz CT molecular complexity index is 1470. The molecule has 3 saturated carbocycles. The van der Waals surface area contributed by atoms with Gasteiger partial charge in [-0.3, -0.25) is 19.2 Å². The number of Topliss-reactive ketones (excluding diaryl/α,β-unsaturated/α-hetero) is 1. The number of ketones is 1. The van der Waals surface area contributed by atoms with Gasteiger partial charge in [-0.25, -0.2) is 0 Å². The molecule has 8 nitrogen and oxygen atoms in total. The summed E-state index contributed by atoms with van der Waals surface area (Å²) in [5.74, 6) is -0.866. The molecule has 1 aromatic carbocycles. The SMILES string of the molecule is CC(=O)C1C[C@@]2(CN1C(=O)[C@@H](NC(=O)C(NC(=O)c1ccc3occc3c1)C1CCCCC1)C(C)(C)C)C(C)(C)C21CCC1. The molecule has 0 bridgehead atoms. The minimum Gasteiger partial charge on any atom is -0.464 e. The van der Waals surface area contributed by atoms with Crippen LogP contribution in [0.15, 0.2) is 34.9 Å². The maximum Gasteiger partial charge on any atom is 0.251 e. The van der Waals surface area contributed by atoms with Gasteiger partial charge in [-0.1, -0.05) is 60.3 Å². The monoisotopic (exact) mass is 603 g/mol. The predicted octanol–water partition coefficient (Wildman–Crippen LogP) is 6.03. The highest BCUT2D eigenvalue weighted by atomic mass is 16.3. The third-order valence-electron chi connectivity index (χ3n) is 12.4. The van der Waals surface area contributed by atoms with Gasteiger partial charge in [-0.15, -0.1) is 0 Å². The van der Waals surface area contributed by atoms with Crippen LogP contribution in [0.1, 0.15) is 110 Å². The topological polar surface area (TPSA) is 109 Å². The zero-order valence-corrected chi connectivity index (χ0v) is 27.3. The number of nitrogens with one attached hydrogen (secondary N) is 2. The van der Waals surface area contributed by atoms with Crippen LogP contribution in [0.5, 0.6) is 0 Å². The summed E-state index contributed by atoms with van der Waals surface area (Å²) in [5, 5.41) is 6.99. The van der Waals surface area contributed by atoms with Crippen molar-refractivity contribution in [1.29, 1.82) is 0 Å². The Morgan fingerprint density at radius 1 is 0.955 bits per heavy atom. The summed E-state index contributed by atoms with van der Waals surface area (Å²) >= 11 is 0. The number of benzene rings is 1. The fourth-order valence-corrected chi connectivity index (χ4v) is 9.44. The van der Waals surface area contributed by atoms with E-state index in [0.717, 1.165) is 50.3 Å². The van der Waals surface area contributed by atoms with Crippen LogP contribution >= 0.6 is 0 Å². The number of furan rings is 1.